The highest BCUT2D eigenvalue weighted by atomic mass is 19.1. The van der Waals surface area contributed by atoms with Gasteiger partial charge in [0, 0.05) is 36.0 Å². The molecule has 26 heavy (non-hydrogen) atoms. The molecule has 1 fully saturated rings. The zero-order valence-corrected chi connectivity index (χ0v) is 14.9. The van der Waals surface area contributed by atoms with Gasteiger partial charge >= 0.3 is 0 Å². The Balaban J connectivity index is 1.65. The predicted molar refractivity (Wildman–Crippen MR) is 103 cm³/mol. The first-order chi connectivity index (χ1) is 12.7. The van der Waals surface area contributed by atoms with E-state index in [1.807, 2.05) is 18.5 Å². The van der Waals surface area contributed by atoms with Gasteiger partial charge < -0.3 is 15.4 Å². The monoisotopic (exact) mass is 353 g/mol. The highest BCUT2D eigenvalue weighted by Gasteiger charge is 2.28. The fraction of sp³-hybridized carbons (Fsp3) is 0.381. The van der Waals surface area contributed by atoms with Crippen LogP contribution in [-0.2, 0) is 0 Å². The number of ether oxygens (including phenoxy) is 1. The van der Waals surface area contributed by atoms with Crippen molar-refractivity contribution in [3.8, 4) is 5.75 Å². The molecule has 136 valence electrons. The third-order valence-electron chi connectivity index (χ3n) is 5.29. The molecule has 4 rings (SSSR count). The number of methoxy groups -OCH3 is 1. The largest absolute Gasteiger partial charge is 0.494 e. The number of hydrogen-bond donors (Lipinski definition) is 2. The van der Waals surface area contributed by atoms with Crippen LogP contribution in [0.2, 0.25) is 0 Å². The van der Waals surface area contributed by atoms with Crippen LogP contribution in [0.1, 0.15) is 18.4 Å². The zero-order chi connectivity index (χ0) is 17.9. The maximum absolute atomic E-state index is 14.2. The molecule has 2 aliphatic heterocycles. The molecule has 3 aliphatic rings. The number of halogens is 1. The highest BCUT2D eigenvalue weighted by Crippen LogP contribution is 2.35. The maximum atomic E-state index is 14.2. The second-order valence-electron chi connectivity index (χ2n) is 6.98. The Kier molecular flexibility index (Phi) is 4.89. The molecular weight excluding hydrogens is 329 g/mol. The number of nitrogens with one attached hydrogen (secondary N) is 2. The predicted octanol–water partition coefficient (Wildman–Crippen LogP) is 3.29. The molecule has 0 radical (unpaired) electrons. The molecule has 5 heteroatoms. The van der Waals surface area contributed by atoms with Crippen LogP contribution >= 0.6 is 0 Å². The quantitative estimate of drug-likeness (QED) is 0.873. The van der Waals surface area contributed by atoms with E-state index in [1.54, 1.807) is 12.1 Å². The Labute approximate surface area is 153 Å². The van der Waals surface area contributed by atoms with Crippen molar-refractivity contribution in [2.45, 2.75) is 18.9 Å². The lowest BCUT2D eigenvalue weighted by atomic mass is 9.80. The van der Waals surface area contributed by atoms with Crippen molar-refractivity contribution < 1.29 is 9.13 Å². The molecule has 4 nitrogen and oxygen atoms in total. The number of rotatable bonds is 4. The Morgan fingerprint density at radius 1 is 1.27 bits per heavy atom. The summed E-state index contributed by atoms with van der Waals surface area (Å²) in [5.74, 6) is 0.392. The lowest BCUT2D eigenvalue weighted by Crippen LogP contribution is -2.42. The summed E-state index contributed by atoms with van der Waals surface area (Å²) in [4.78, 5) is 4.33. The van der Waals surface area contributed by atoms with Crippen LogP contribution in [0.15, 0.2) is 53.3 Å². The lowest BCUT2D eigenvalue weighted by Gasteiger charge is -2.33. The molecule has 2 unspecified atom stereocenters. The standard InChI is InChI=1S/C21H24FN3O/c1-26-21-3-2-14(11-19(21)22)16-10-15-4-7-24-13-18(15)20(12-16)25-17-5-8-23-9-6-17/h2-4,7,10-13,15,17-18,23,25H,5-6,8-9H2,1H3. The third-order valence-corrected chi connectivity index (χ3v) is 5.29. The summed E-state index contributed by atoms with van der Waals surface area (Å²) in [7, 11) is 1.48. The fourth-order valence-electron chi connectivity index (χ4n) is 3.84. The number of aliphatic imine (C=N–C) groups is 1. The summed E-state index contributed by atoms with van der Waals surface area (Å²) < 4.78 is 19.2. The second kappa shape index (κ2) is 7.46. The molecular formula is C21H24FN3O. The minimum atomic E-state index is -0.338. The normalized spacial score (nSPS) is 25.3. The van der Waals surface area contributed by atoms with E-state index >= 15 is 0 Å². The molecule has 2 atom stereocenters. The van der Waals surface area contributed by atoms with Gasteiger partial charge in [0.1, 0.15) is 0 Å². The smallest absolute Gasteiger partial charge is 0.165 e. The van der Waals surface area contributed by atoms with E-state index in [2.05, 4.69) is 33.9 Å². The van der Waals surface area contributed by atoms with E-state index in [0.29, 0.717) is 6.04 Å². The first-order valence-electron chi connectivity index (χ1n) is 9.19. The van der Waals surface area contributed by atoms with Crippen LogP contribution in [0.4, 0.5) is 4.39 Å². The van der Waals surface area contributed by atoms with Crippen molar-refractivity contribution in [1.82, 2.24) is 10.6 Å². The topological polar surface area (TPSA) is 45.6 Å². The maximum Gasteiger partial charge on any atom is 0.165 e. The van der Waals surface area contributed by atoms with Gasteiger partial charge in [0.25, 0.3) is 0 Å². The minimum Gasteiger partial charge on any atom is -0.494 e. The van der Waals surface area contributed by atoms with Crippen molar-refractivity contribution in [3.05, 3.63) is 59.7 Å². The fourth-order valence-corrected chi connectivity index (χ4v) is 3.84. The molecule has 0 saturated carbocycles. The summed E-state index contributed by atoms with van der Waals surface area (Å²) in [6.45, 7) is 2.08. The summed E-state index contributed by atoms with van der Waals surface area (Å²) in [6, 6.07) is 5.61. The minimum absolute atomic E-state index is 0.224. The van der Waals surface area contributed by atoms with Crippen LogP contribution in [-0.4, -0.2) is 32.5 Å². The first kappa shape index (κ1) is 17.0. The van der Waals surface area contributed by atoms with Crippen molar-refractivity contribution in [3.63, 3.8) is 0 Å². The van der Waals surface area contributed by atoms with Crippen molar-refractivity contribution >= 4 is 11.8 Å². The van der Waals surface area contributed by atoms with Gasteiger partial charge in [0.2, 0.25) is 0 Å². The average Bonchev–Trinajstić information content (AvgIpc) is 2.68. The van der Waals surface area contributed by atoms with Crippen LogP contribution in [0.3, 0.4) is 0 Å². The van der Waals surface area contributed by atoms with E-state index in [4.69, 9.17) is 4.74 Å². The summed E-state index contributed by atoms with van der Waals surface area (Å²) >= 11 is 0. The van der Waals surface area contributed by atoms with E-state index in [-0.39, 0.29) is 23.4 Å². The van der Waals surface area contributed by atoms with Gasteiger partial charge in [0.05, 0.1) is 7.11 Å². The molecule has 0 bridgehead atoms. The third kappa shape index (κ3) is 3.44. The number of piperidine rings is 1. The second-order valence-corrected chi connectivity index (χ2v) is 6.98. The molecule has 1 aromatic rings. The number of benzene rings is 1. The Hall–Kier alpha value is -2.40. The molecule has 0 amide bonds. The zero-order valence-electron chi connectivity index (χ0n) is 14.9. The Morgan fingerprint density at radius 2 is 2.12 bits per heavy atom. The van der Waals surface area contributed by atoms with Crippen LogP contribution in [0, 0.1) is 17.7 Å². The van der Waals surface area contributed by atoms with E-state index in [9.17, 15) is 4.39 Å². The van der Waals surface area contributed by atoms with E-state index in [1.165, 1.54) is 12.8 Å². The summed E-state index contributed by atoms with van der Waals surface area (Å²) in [5, 5.41) is 7.13. The SMILES string of the molecule is COc1ccc(C2=CC3C=CN=CC3C(NC3CCNCC3)=C2)cc1F. The number of nitrogens with zero attached hydrogens (tertiary/aromatic N) is 1. The molecule has 1 saturated heterocycles. The van der Waals surface area contributed by atoms with Gasteiger partial charge in [-0.25, -0.2) is 4.39 Å². The Morgan fingerprint density at radius 3 is 2.88 bits per heavy atom. The number of hydrogen-bond acceptors (Lipinski definition) is 4. The van der Waals surface area contributed by atoms with Gasteiger partial charge in [-0.05, 0) is 55.3 Å². The number of allylic oxidation sites excluding steroid dienone is 5. The lowest BCUT2D eigenvalue weighted by molar-refractivity contribution is 0.386. The van der Waals surface area contributed by atoms with Gasteiger partial charge in [-0.3, -0.25) is 4.99 Å². The van der Waals surface area contributed by atoms with Crippen molar-refractivity contribution in [1.29, 1.82) is 0 Å². The molecule has 0 aromatic heterocycles. The Bertz CT molecular complexity index is 790. The van der Waals surface area contributed by atoms with Gasteiger partial charge in [0.15, 0.2) is 11.6 Å². The summed E-state index contributed by atoms with van der Waals surface area (Å²) in [6.07, 6.45) is 12.5. The van der Waals surface area contributed by atoms with Crippen LogP contribution in [0.5, 0.6) is 5.75 Å². The van der Waals surface area contributed by atoms with Gasteiger partial charge in [-0.1, -0.05) is 18.2 Å². The first-order valence-corrected chi connectivity index (χ1v) is 9.19. The van der Waals surface area contributed by atoms with Crippen LogP contribution < -0.4 is 15.4 Å². The van der Waals surface area contributed by atoms with Crippen LogP contribution in [0.25, 0.3) is 5.57 Å². The van der Waals surface area contributed by atoms with E-state index in [0.717, 1.165) is 37.1 Å². The molecule has 2 N–H and O–H groups in total. The highest BCUT2D eigenvalue weighted by molar-refractivity contribution is 5.81. The molecule has 1 aliphatic carbocycles. The van der Waals surface area contributed by atoms with Crippen molar-refractivity contribution in [2.75, 3.05) is 20.2 Å². The molecule has 0 spiro atoms. The number of fused-ring (bicyclic) bond motifs is 1. The van der Waals surface area contributed by atoms with Gasteiger partial charge in [-0.15, -0.1) is 0 Å². The van der Waals surface area contributed by atoms with E-state index < -0.39 is 0 Å². The summed E-state index contributed by atoms with van der Waals surface area (Å²) in [5.41, 5.74) is 3.06. The molecule has 1 aromatic carbocycles. The molecule has 2 heterocycles. The van der Waals surface area contributed by atoms with Crippen molar-refractivity contribution in [2.24, 2.45) is 16.8 Å². The van der Waals surface area contributed by atoms with Gasteiger partial charge in [-0.2, -0.15) is 0 Å². The average molecular weight is 353 g/mol.